The van der Waals surface area contributed by atoms with Crippen LogP contribution in [0.1, 0.15) is 24.5 Å². The summed E-state index contributed by atoms with van der Waals surface area (Å²) in [4.78, 5) is 12.4. The number of carbonyl (C=O) groups is 1. The highest BCUT2D eigenvalue weighted by Gasteiger charge is 2.28. The van der Waals surface area contributed by atoms with E-state index in [0.29, 0.717) is 22.4 Å². The minimum atomic E-state index is -0.332. The van der Waals surface area contributed by atoms with Crippen molar-refractivity contribution >= 4 is 29.1 Å². The highest BCUT2D eigenvalue weighted by Crippen LogP contribution is 2.40. The van der Waals surface area contributed by atoms with E-state index in [2.05, 4.69) is 15.7 Å². The van der Waals surface area contributed by atoms with Crippen LogP contribution in [-0.4, -0.2) is 15.8 Å². The van der Waals surface area contributed by atoms with Gasteiger partial charge >= 0.3 is 6.03 Å². The fourth-order valence-electron chi connectivity index (χ4n) is 2.68. The van der Waals surface area contributed by atoms with Gasteiger partial charge in [-0.05, 0) is 43.2 Å². The summed E-state index contributed by atoms with van der Waals surface area (Å²) in [7, 11) is 0. The van der Waals surface area contributed by atoms with E-state index in [1.165, 1.54) is 0 Å². The summed E-state index contributed by atoms with van der Waals surface area (Å²) < 4.78 is 1.77. The molecule has 3 aromatic rings. The Labute approximate surface area is 150 Å². The molecule has 1 fully saturated rings. The highest BCUT2D eigenvalue weighted by molar-refractivity contribution is 6.30. The minimum Gasteiger partial charge on any atom is -0.308 e. The van der Waals surface area contributed by atoms with Crippen molar-refractivity contribution in [3.8, 4) is 5.69 Å². The van der Waals surface area contributed by atoms with Crippen LogP contribution in [-0.2, 0) is 0 Å². The third-order valence-electron chi connectivity index (χ3n) is 4.05. The van der Waals surface area contributed by atoms with E-state index >= 15 is 0 Å². The first-order chi connectivity index (χ1) is 12.2. The Bertz CT molecular complexity index is 903. The molecule has 1 heterocycles. The van der Waals surface area contributed by atoms with Crippen molar-refractivity contribution in [3.63, 3.8) is 0 Å². The molecule has 6 heteroatoms. The Kier molecular flexibility index (Phi) is 4.15. The van der Waals surface area contributed by atoms with Crippen molar-refractivity contribution in [2.45, 2.75) is 18.8 Å². The second-order valence-corrected chi connectivity index (χ2v) is 6.50. The number of rotatable bonds is 4. The lowest BCUT2D eigenvalue weighted by Gasteiger charge is -2.10. The molecule has 5 nitrogen and oxygen atoms in total. The quantitative estimate of drug-likeness (QED) is 0.690. The smallest absolute Gasteiger partial charge is 0.308 e. The highest BCUT2D eigenvalue weighted by atomic mass is 35.5. The average Bonchev–Trinajstić information content (AvgIpc) is 3.37. The third kappa shape index (κ3) is 3.67. The van der Waals surface area contributed by atoms with Crippen LogP contribution in [0.15, 0.2) is 60.7 Å². The zero-order chi connectivity index (χ0) is 17.2. The first-order valence-electron chi connectivity index (χ1n) is 8.18. The monoisotopic (exact) mass is 352 g/mol. The molecule has 2 amide bonds. The van der Waals surface area contributed by atoms with Crippen LogP contribution in [0.4, 0.5) is 16.3 Å². The number of benzene rings is 2. The van der Waals surface area contributed by atoms with E-state index in [9.17, 15) is 4.79 Å². The number of urea groups is 1. The fraction of sp³-hybridized carbons (Fsp3) is 0.158. The van der Waals surface area contributed by atoms with Crippen LogP contribution >= 0.6 is 11.6 Å². The number of hydrogen-bond donors (Lipinski definition) is 2. The number of carbonyl (C=O) groups excluding carboxylic acids is 1. The average molecular weight is 353 g/mol. The molecular weight excluding hydrogens is 336 g/mol. The second-order valence-electron chi connectivity index (χ2n) is 6.07. The van der Waals surface area contributed by atoms with Crippen LogP contribution in [0.2, 0.25) is 5.02 Å². The van der Waals surface area contributed by atoms with Gasteiger partial charge in [-0.1, -0.05) is 35.9 Å². The van der Waals surface area contributed by atoms with Gasteiger partial charge in [0.25, 0.3) is 0 Å². The molecule has 4 rings (SSSR count). The maximum atomic E-state index is 12.4. The normalized spacial score (nSPS) is 13.5. The van der Waals surface area contributed by atoms with Crippen molar-refractivity contribution in [2.24, 2.45) is 0 Å². The van der Waals surface area contributed by atoms with Crippen molar-refractivity contribution in [1.82, 2.24) is 9.78 Å². The van der Waals surface area contributed by atoms with Crippen molar-refractivity contribution in [1.29, 1.82) is 0 Å². The van der Waals surface area contributed by atoms with Crippen LogP contribution in [0, 0.1) is 0 Å². The van der Waals surface area contributed by atoms with E-state index < -0.39 is 0 Å². The molecule has 2 aromatic carbocycles. The molecule has 0 bridgehead atoms. The molecule has 25 heavy (non-hydrogen) atoms. The van der Waals surface area contributed by atoms with Crippen LogP contribution in [0.3, 0.4) is 0 Å². The van der Waals surface area contributed by atoms with E-state index in [-0.39, 0.29) is 6.03 Å². The molecule has 0 unspecified atom stereocenters. The maximum absolute atomic E-state index is 12.4. The molecule has 1 aliphatic rings. The summed E-state index contributed by atoms with van der Waals surface area (Å²) >= 11 is 5.95. The van der Waals surface area contributed by atoms with Crippen LogP contribution in [0.5, 0.6) is 0 Å². The van der Waals surface area contributed by atoms with Gasteiger partial charge in [-0.3, -0.25) is 5.32 Å². The zero-order valence-electron chi connectivity index (χ0n) is 13.4. The lowest BCUT2D eigenvalue weighted by atomic mass is 10.3. The predicted molar refractivity (Wildman–Crippen MR) is 99.6 cm³/mol. The van der Waals surface area contributed by atoms with E-state index in [1.807, 2.05) is 36.4 Å². The third-order valence-corrected chi connectivity index (χ3v) is 4.28. The molecule has 1 aliphatic carbocycles. The van der Waals surface area contributed by atoms with E-state index in [1.54, 1.807) is 28.9 Å². The molecule has 0 aliphatic heterocycles. The van der Waals surface area contributed by atoms with E-state index in [4.69, 9.17) is 11.6 Å². The zero-order valence-corrected chi connectivity index (χ0v) is 14.2. The summed E-state index contributed by atoms with van der Waals surface area (Å²) in [5.74, 6) is 1.15. The predicted octanol–water partition coefficient (Wildman–Crippen LogP) is 5.05. The Morgan fingerprint density at radius 2 is 1.84 bits per heavy atom. The Balaban J connectivity index is 1.57. The van der Waals surface area contributed by atoms with Crippen molar-refractivity contribution in [2.75, 3.05) is 10.6 Å². The lowest BCUT2D eigenvalue weighted by molar-refractivity contribution is 0.262. The topological polar surface area (TPSA) is 59.0 Å². The lowest BCUT2D eigenvalue weighted by Crippen LogP contribution is -2.21. The first-order valence-corrected chi connectivity index (χ1v) is 8.56. The summed E-state index contributed by atoms with van der Waals surface area (Å²) in [5, 5.41) is 10.9. The number of nitrogens with zero attached hydrogens (tertiary/aromatic N) is 2. The van der Waals surface area contributed by atoms with Gasteiger partial charge in [-0.2, -0.15) is 5.10 Å². The Morgan fingerprint density at radius 3 is 2.56 bits per heavy atom. The van der Waals surface area contributed by atoms with Crippen molar-refractivity contribution in [3.05, 3.63) is 71.4 Å². The van der Waals surface area contributed by atoms with Crippen molar-refractivity contribution < 1.29 is 4.79 Å². The molecular formula is C19H17ClN4O. The van der Waals surface area contributed by atoms with Crippen LogP contribution in [0.25, 0.3) is 5.69 Å². The molecule has 0 spiro atoms. The van der Waals surface area contributed by atoms with Gasteiger partial charge in [0.15, 0.2) is 0 Å². The number of nitrogens with one attached hydrogen (secondary N) is 2. The molecule has 0 radical (unpaired) electrons. The largest absolute Gasteiger partial charge is 0.324 e. The molecule has 2 N–H and O–H groups in total. The number of anilines is 2. The van der Waals surface area contributed by atoms with Gasteiger partial charge < -0.3 is 5.32 Å². The first kappa shape index (κ1) is 15.7. The maximum Gasteiger partial charge on any atom is 0.324 e. The molecule has 0 atom stereocenters. The SMILES string of the molecule is O=C(Nc1cccc(Cl)c1)Nc1cc(C2CC2)nn1-c1ccccc1. The van der Waals surface area contributed by atoms with Gasteiger partial charge in [-0.15, -0.1) is 0 Å². The summed E-state index contributed by atoms with van der Waals surface area (Å²) in [6.45, 7) is 0. The van der Waals surface area contributed by atoms with Gasteiger partial charge in [-0.25, -0.2) is 9.48 Å². The summed E-state index contributed by atoms with van der Waals surface area (Å²) in [5.41, 5.74) is 2.56. The van der Waals surface area contributed by atoms with Gasteiger partial charge in [0.2, 0.25) is 0 Å². The number of halogens is 1. The number of para-hydroxylation sites is 1. The fourth-order valence-corrected chi connectivity index (χ4v) is 2.87. The number of hydrogen-bond acceptors (Lipinski definition) is 2. The Hall–Kier alpha value is -2.79. The number of amides is 2. The summed E-state index contributed by atoms with van der Waals surface area (Å²) in [6, 6.07) is 18.4. The Morgan fingerprint density at radius 1 is 1.04 bits per heavy atom. The van der Waals surface area contributed by atoms with Gasteiger partial charge in [0.05, 0.1) is 11.4 Å². The van der Waals surface area contributed by atoms with E-state index in [0.717, 1.165) is 24.2 Å². The molecule has 1 saturated carbocycles. The number of aromatic nitrogens is 2. The van der Waals surface area contributed by atoms with Crippen LogP contribution < -0.4 is 10.6 Å². The minimum absolute atomic E-state index is 0.332. The molecule has 0 saturated heterocycles. The molecule has 1 aromatic heterocycles. The summed E-state index contributed by atoms with van der Waals surface area (Å²) in [6.07, 6.45) is 2.31. The standard InChI is InChI=1S/C19H17ClN4O/c20-14-5-4-6-15(11-14)21-19(25)22-18-12-17(13-9-10-13)23-24(18)16-7-2-1-3-8-16/h1-8,11-13H,9-10H2,(H2,21,22,25). The molecule has 126 valence electrons. The van der Waals surface area contributed by atoms with Gasteiger partial charge in [0, 0.05) is 22.7 Å². The van der Waals surface area contributed by atoms with Gasteiger partial charge in [0.1, 0.15) is 5.82 Å². The second kappa shape index (κ2) is 6.61.